The molecule has 2 atom stereocenters. The molecule has 0 aliphatic rings. The Morgan fingerprint density at radius 3 is 2.56 bits per heavy atom. The fourth-order valence-corrected chi connectivity index (χ4v) is 1.74. The average molecular weight is 240 g/mol. The summed E-state index contributed by atoms with van der Waals surface area (Å²) in [5.41, 5.74) is 7.68. The Hall–Kier alpha value is -0.860. The molecule has 3 heteroatoms. The molecule has 2 N–H and O–H groups in total. The van der Waals surface area contributed by atoms with Crippen molar-refractivity contribution in [3.63, 3.8) is 0 Å². The van der Waals surface area contributed by atoms with E-state index < -0.39 is 0 Å². The van der Waals surface area contributed by atoms with Crippen LogP contribution in [0.4, 0.5) is 0 Å². The standard InChI is InChI=1S/C13H18ClNO/c1-8-4-5-11(12(14)6-8)7-13(16)9(2)10(3)15/h4-6,9-10H,7,15H2,1-3H3. The second kappa shape index (κ2) is 5.46. The van der Waals surface area contributed by atoms with E-state index in [1.54, 1.807) is 0 Å². The van der Waals surface area contributed by atoms with Gasteiger partial charge >= 0.3 is 0 Å². The molecule has 88 valence electrons. The van der Waals surface area contributed by atoms with Gasteiger partial charge in [0.15, 0.2) is 0 Å². The van der Waals surface area contributed by atoms with Gasteiger partial charge in [-0.2, -0.15) is 0 Å². The summed E-state index contributed by atoms with van der Waals surface area (Å²) in [6, 6.07) is 5.63. The van der Waals surface area contributed by atoms with Crippen molar-refractivity contribution in [3.05, 3.63) is 34.3 Å². The zero-order chi connectivity index (χ0) is 12.3. The monoisotopic (exact) mass is 239 g/mol. The quantitative estimate of drug-likeness (QED) is 0.878. The highest BCUT2D eigenvalue weighted by Crippen LogP contribution is 2.19. The minimum absolute atomic E-state index is 0.114. The summed E-state index contributed by atoms with van der Waals surface area (Å²) in [7, 11) is 0. The van der Waals surface area contributed by atoms with Gasteiger partial charge in [0.2, 0.25) is 0 Å². The number of aryl methyl sites for hydroxylation is 1. The molecule has 0 amide bonds. The number of nitrogens with two attached hydrogens (primary N) is 1. The van der Waals surface area contributed by atoms with Crippen molar-refractivity contribution in [2.24, 2.45) is 11.7 Å². The lowest BCUT2D eigenvalue weighted by Gasteiger charge is -2.14. The summed E-state index contributed by atoms with van der Waals surface area (Å²) in [4.78, 5) is 11.9. The Kier molecular flexibility index (Phi) is 4.51. The number of benzene rings is 1. The second-order valence-corrected chi connectivity index (χ2v) is 4.79. The molecule has 2 unspecified atom stereocenters. The molecule has 2 nitrogen and oxygen atoms in total. The summed E-state index contributed by atoms with van der Waals surface area (Å²) in [6.45, 7) is 5.68. The van der Waals surface area contributed by atoms with Gasteiger partial charge in [0.05, 0.1) is 0 Å². The second-order valence-electron chi connectivity index (χ2n) is 4.39. The van der Waals surface area contributed by atoms with E-state index in [4.69, 9.17) is 17.3 Å². The van der Waals surface area contributed by atoms with Gasteiger partial charge in [0.1, 0.15) is 5.78 Å². The van der Waals surface area contributed by atoms with E-state index >= 15 is 0 Å². The van der Waals surface area contributed by atoms with Crippen LogP contribution in [0.2, 0.25) is 5.02 Å². The van der Waals surface area contributed by atoms with Crippen molar-refractivity contribution in [1.82, 2.24) is 0 Å². The van der Waals surface area contributed by atoms with Crippen LogP contribution in [0.5, 0.6) is 0 Å². The summed E-state index contributed by atoms with van der Waals surface area (Å²) in [6.07, 6.45) is 0.363. The Morgan fingerprint density at radius 1 is 1.44 bits per heavy atom. The van der Waals surface area contributed by atoms with Gasteiger partial charge in [0, 0.05) is 23.4 Å². The lowest BCUT2D eigenvalue weighted by atomic mass is 9.94. The van der Waals surface area contributed by atoms with Crippen LogP contribution in [0.3, 0.4) is 0 Å². The van der Waals surface area contributed by atoms with Gasteiger partial charge < -0.3 is 5.73 Å². The number of hydrogen-bond acceptors (Lipinski definition) is 2. The molecule has 1 rings (SSSR count). The maximum atomic E-state index is 11.9. The fourth-order valence-electron chi connectivity index (χ4n) is 1.44. The number of carbonyl (C=O) groups is 1. The maximum Gasteiger partial charge on any atom is 0.141 e. The maximum absolute atomic E-state index is 11.9. The molecule has 0 saturated carbocycles. The first-order valence-electron chi connectivity index (χ1n) is 5.45. The smallest absolute Gasteiger partial charge is 0.141 e. The predicted octanol–water partition coefficient (Wildman–Crippen LogP) is 2.74. The van der Waals surface area contributed by atoms with E-state index in [-0.39, 0.29) is 17.7 Å². The lowest BCUT2D eigenvalue weighted by Crippen LogP contribution is -2.31. The summed E-state index contributed by atoms with van der Waals surface area (Å²) in [5.74, 6) is 0.0122. The molecule has 0 aliphatic carbocycles. The van der Waals surface area contributed by atoms with E-state index in [0.29, 0.717) is 11.4 Å². The number of Topliss-reactive ketones (excluding diaryl/α,β-unsaturated/α-hetero) is 1. The molecule has 0 aliphatic heterocycles. The van der Waals surface area contributed by atoms with Crippen LogP contribution in [0.25, 0.3) is 0 Å². The largest absolute Gasteiger partial charge is 0.327 e. The predicted molar refractivity (Wildman–Crippen MR) is 67.7 cm³/mol. The summed E-state index contributed by atoms with van der Waals surface area (Å²) in [5, 5.41) is 0.658. The molecular formula is C13H18ClNO. The van der Waals surface area contributed by atoms with E-state index in [1.807, 2.05) is 39.0 Å². The minimum Gasteiger partial charge on any atom is -0.327 e. The van der Waals surface area contributed by atoms with Gasteiger partial charge in [-0.3, -0.25) is 4.79 Å². The minimum atomic E-state index is -0.127. The topological polar surface area (TPSA) is 43.1 Å². The third kappa shape index (κ3) is 3.32. The van der Waals surface area contributed by atoms with Crippen LogP contribution in [-0.4, -0.2) is 11.8 Å². The highest BCUT2D eigenvalue weighted by atomic mass is 35.5. The van der Waals surface area contributed by atoms with Gasteiger partial charge in [-0.1, -0.05) is 30.7 Å². The first-order chi connectivity index (χ1) is 7.41. The molecule has 0 spiro atoms. The van der Waals surface area contributed by atoms with Crippen LogP contribution in [0.1, 0.15) is 25.0 Å². The summed E-state index contributed by atoms with van der Waals surface area (Å²) < 4.78 is 0. The fraction of sp³-hybridized carbons (Fsp3) is 0.462. The first-order valence-corrected chi connectivity index (χ1v) is 5.83. The zero-order valence-corrected chi connectivity index (χ0v) is 10.7. The molecule has 16 heavy (non-hydrogen) atoms. The van der Waals surface area contributed by atoms with Gasteiger partial charge in [0.25, 0.3) is 0 Å². The van der Waals surface area contributed by atoms with Crippen LogP contribution < -0.4 is 5.73 Å². The first kappa shape index (κ1) is 13.2. The molecule has 0 heterocycles. The number of hydrogen-bond donors (Lipinski definition) is 1. The highest BCUT2D eigenvalue weighted by molar-refractivity contribution is 6.31. The molecule has 1 aromatic rings. The molecule has 0 radical (unpaired) electrons. The van der Waals surface area contributed by atoms with Crippen molar-refractivity contribution in [1.29, 1.82) is 0 Å². The Morgan fingerprint density at radius 2 is 2.06 bits per heavy atom. The third-order valence-electron chi connectivity index (χ3n) is 2.87. The molecule has 0 aromatic heterocycles. The lowest BCUT2D eigenvalue weighted by molar-refractivity contribution is -0.122. The van der Waals surface area contributed by atoms with Crippen molar-refractivity contribution in [3.8, 4) is 0 Å². The number of rotatable bonds is 4. The van der Waals surface area contributed by atoms with Crippen LogP contribution >= 0.6 is 11.6 Å². The van der Waals surface area contributed by atoms with Crippen LogP contribution in [0.15, 0.2) is 18.2 Å². The number of carbonyl (C=O) groups excluding carboxylic acids is 1. The normalized spacial score (nSPS) is 14.6. The molecular weight excluding hydrogens is 222 g/mol. The summed E-state index contributed by atoms with van der Waals surface area (Å²) >= 11 is 6.07. The SMILES string of the molecule is Cc1ccc(CC(=O)C(C)C(C)N)c(Cl)c1. The van der Waals surface area contributed by atoms with E-state index in [9.17, 15) is 4.79 Å². The third-order valence-corrected chi connectivity index (χ3v) is 3.22. The van der Waals surface area contributed by atoms with Crippen molar-refractivity contribution >= 4 is 17.4 Å². The molecule has 0 bridgehead atoms. The van der Waals surface area contributed by atoms with Gasteiger partial charge in [-0.05, 0) is 31.0 Å². The van der Waals surface area contributed by atoms with E-state index in [0.717, 1.165) is 11.1 Å². The zero-order valence-electron chi connectivity index (χ0n) is 9.96. The Bertz CT molecular complexity index is 388. The van der Waals surface area contributed by atoms with Crippen LogP contribution in [0, 0.1) is 12.8 Å². The molecule has 0 saturated heterocycles. The van der Waals surface area contributed by atoms with E-state index in [1.165, 1.54) is 0 Å². The number of ketones is 1. The number of halogens is 1. The van der Waals surface area contributed by atoms with Gasteiger partial charge in [-0.25, -0.2) is 0 Å². The Labute approximate surface area is 102 Å². The highest BCUT2D eigenvalue weighted by Gasteiger charge is 2.18. The molecule has 1 aromatic carbocycles. The van der Waals surface area contributed by atoms with Crippen LogP contribution in [-0.2, 0) is 11.2 Å². The van der Waals surface area contributed by atoms with Crippen molar-refractivity contribution in [2.75, 3.05) is 0 Å². The Balaban J connectivity index is 2.77. The van der Waals surface area contributed by atoms with Crippen molar-refractivity contribution < 1.29 is 4.79 Å². The van der Waals surface area contributed by atoms with E-state index in [2.05, 4.69) is 0 Å². The van der Waals surface area contributed by atoms with Gasteiger partial charge in [-0.15, -0.1) is 0 Å². The average Bonchev–Trinajstić information content (AvgIpc) is 2.20. The molecule has 0 fully saturated rings. The van der Waals surface area contributed by atoms with Crippen molar-refractivity contribution in [2.45, 2.75) is 33.2 Å².